The smallest absolute Gasteiger partial charge is 0.117 e. The van der Waals surface area contributed by atoms with Gasteiger partial charge in [0.05, 0.1) is 0 Å². The fourth-order valence-electron chi connectivity index (χ4n) is 5.24. The number of hydrogen-bond donors (Lipinski definition) is 2. The molecular weight excluding hydrogens is 334 g/mol. The fraction of sp³-hybridized carbons (Fsp3) is 0.478. The first-order chi connectivity index (χ1) is 13.3. The van der Waals surface area contributed by atoms with E-state index in [1.807, 2.05) is 0 Å². The molecule has 0 aliphatic heterocycles. The van der Waals surface area contributed by atoms with Crippen LogP contribution < -0.4 is 0 Å². The fourth-order valence-corrected chi connectivity index (χ4v) is 5.24. The van der Waals surface area contributed by atoms with Crippen LogP contribution in [0.2, 0.25) is 0 Å². The zero-order valence-corrected chi connectivity index (χ0v) is 15.7. The van der Waals surface area contributed by atoms with Crippen molar-refractivity contribution >= 4 is 11.8 Å². The zero-order valence-electron chi connectivity index (χ0n) is 15.7. The van der Waals surface area contributed by atoms with Crippen LogP contribution in [-0.4, -0.2) is 21.1 Å². The number of nitrogens with one attached hydrogen (secondary N) is 1. The number of fused-ring (bicyclic) bond motifs is 1. The SMILES string of the molecule is ON=C(c1n[nH]c2c1C=CC(c1ccccc1)(C1CCCCC1)C2)C1CC1. The highest BCUT2D eigenvalue weighted by Gasteiger charge is 2.42. The number of H-pyrrole nitrogens is 1. The Morgan fingerprint density at radius 1 is 1.07 bits per heavy atom. The van der Waals surface area contributed by atoms with E-state index < -0.39 is 0 Å². The van der Waals surface area contributed by atoms with E-state index >= 15 is 0 Å². The average Bonchev–Trinajstić information content (AvgIpc) is 3.49. The molecule has 140 valence electrons. The van der Waals surface area contributed by atoms with Gasteiger partial charge in [0.25, 0.3) is 0 Å². The van der Waals surface area contributed by atoms with Crippen LogP contribution in [0.1, 0.15) is 67.5 Å². The lowest BCUT2D eigenvalue weighted by Gasteiger charge is -2.43. The van der Waals surface area contributed by atoms with Gasteiger partial charge in [0.1, 0.15) is 11.4 Å². The number of nitrogens with zero attached hydrogens (tertiary/aromatic N) is 2. The molecule has 0 radical (unpaired) electrons. The molecule has 5 rings (SSSR count). The van der Waals surface area contributed by atoms with Gasteiger partial charge in [0, 0.05) is 29.0 Å². The molecule has 1 heterocycles. The van der Waals surface area contributed by atoms with Crippen molar-refractivity contribution in [3.63, 3.8) is 0 Å². The molecule has 1 unspecified atom stereocenters. The predicted molar refractivity (Wildman–Crippen MR) is 107 cm³/mol. The van der Waals surface area contributed by atoms with Crippen LogP contribution >= 0.6 is 0 Å². The first-order valence-electron chi connectivity index (χ1n) is 10.4. The van der Waals surface area contributed by atoms with Gasteiger partial charge < -0.3 is 5.21 Å². The van der Waals surface area contributed by atoms with Crippen LogP contribution in [0, 0.1) is 11.8 Å². The lowest BCUT2D eigenvalue weighted by Crippen LogP contribution is -2.38. The number of aromatic amines is 1. The Morgan fingerprint density at radius 2 is 1.85 bits per heavy atom. The number of rotatable bonds is 4. The molecule has 0 amide bonds. The summed E-state index contributed by atoms with van der Waals surface area (Å²) < 4.78 is 0. The molecule has 4 heteroatoms. The van der Waals surface area contributed by atoms with Crippen molar-refractivity contribution in [2.24, 2.45) is 17.0 Å². The molecule has 2 fully saturated rings. The Kier molecular flexibility index (Phi) is 4.14. The topological polar surface area (TPSA) is 61.3 Å². The Labute approximate surface area is 160 Å². The Balaban J connectivity index is 1.56. The van der Waals surface area contributed by atoms with Gasteiger partial charge in [-0.2, -0.15) is 5.10 Å². The van der Waals surface area contributed by atoms with Crippen molar-refractivity contribution in [3.05, 3.63) is 58.9 Å². The third kappa shape index (κ3) is 2.82. The third-order valence-electron chi connectivity index (χ3n) is 6.86. The summed E-state index contributed by atoms with van der Waals surface area (Å²) in [5, 5.41) is 21.0. The molecule has 3 aliphatic rings. The van der Waals surface area contributed by atoms with Gasteiger partial charge in [-0.05, 0) is 37.2 Å². The minimum atomic E-state index is 0.0363. The third-order valence-corrected chi connectivity index (χ3v) is 6.86. The highest BCUT2D eigenvalue weighted by Crippen LogP contribution is 2.47. The molecule has 27 heavy (non-hydrogen) atoms. The van der Waals surface area contributed by atoms with Crippen molar-refractivity contribution in [3.8, 4) is 0 Å². The summed E-state index contributed by atoms with van der Waals surface area (Å²) in [5.41, 5.74) is 5.35. The minimum absolute atomic E-state index is 0.0363. The van der Waals surface area contributed by atoms with Gasteiger partial charge >= 0.3 is 0 Å². The Morgan fingerprint density at radius 3 is 2.56 bits per heavy atom. The van der Waals surface area contributed by atoms with Crippen LogP contribution in [0.15, 0.2) is 41.6 Å². The molecule has 3 aliphatic carbocycles. The zero-order chi connectivity index (χ0) is 18.3. The highest BCUT2D eigenvalue weighted by atomic mass is 16.4. The Hall–Kier alpha value is -2.36. The van der Waals surface area contributed by atoms with E-state index in [9.17, 15) is 5.21 Å². The maximum absolute atomic E-state index is 9.50. The van der Waals surface area contributed by atoms with Gasteiger partial charge in [-0.15, -0.1) is 0 Å². The molecule has 0 bridgehead atoms. The van der Waals surface area contributed by atoms with E-state index in [1.54, 1.807) is 0 Å². The minimum Gasteiger partial charge on any atom is -0.411 e. The molecule has 4 nitrogen and oxygen atoms in total. The summed E-state index contributed by atoms with van der Waals surface area (Å²) in [6, 6.07) is 11.0. The molecule has 2 N–H and O–H groups in total. The molecular formula is C23H27N3O. The monoisotopic (exact) mass is 361 g/mol. The van der Waals surface area contributed by atoms with Crippen molar-refractivity contribution in [1.82, 2.24) is 10.2 Å². The van der Waals surface area contributed by atoms with E-state index in [1.165, 1.54) is 43.4 Å². The van der Waals surface area contributed by atoms with Crippen LogP contribution in [-0.2, 0) is 11.8 Å². The maximum atomic E-state index is 9.50. The van der Waals surface area contributed by atoms with Gasteiger partial charge in [-0.1, -0.05) is 66.9 Å². The average molecular weight is 361 g/mol. The van der Waals surface area contributed by atoms with E-state index in [0.29, 0.717) is 11.8 Å². The number of benzene rings is 1. The van der Waals surface area contributed by atoms with Gasteiger partial charge in [0.2, 0.25) is 0 Å². The van der Waals surface area contributed by atoms with Gasteiger partial charge in [0.15, 0.2) is 0 Å². The van der Waals surface area contributed by atoms with Crippen LogP contribution in [0.3, 0.4) is 0 Å². The second-order valence-corrected chi connectivity index (χ2v) is 8.48. The van der Waals surface area contributed by atoms with Crippen molar-refractivity contribution in [1.29, 1.82) is 0 Å². The summed E-state index contributed by atoms with van der Waals surface area (Å²) >= 11 is 0. The lowest BCUT2D eigenvalue weighted by atomic mass is 9.61. The standard InChI is InChI=1S/C23H27N3O/c27-26-21(16-11-12-16)22-19-13-14-23(15-20(19)24-25-22,17-7-3-1-4-8-17)18-9-5-2-6-10-18/h1,3-4,7-8,13-14,16,18,27H,2,5-6,9-12,15H2,(H,24,25). The van der Waals surface area contributed by atoms with Crippen LogP contribution in [0.4, 0.5) is 0 Å². The first-order valence-corrected chi connectivity index (χ1v) is 10.4. The van der Waals surface area contributed by atoms with Crippen LogP contribution in [0.25, 0.3) is 6.08 Å². The van der Waals surface area contributed by atoms with Crippen LogP contribution in [0.5, 0.6) is 0 Å². The van der Waals surface area contributed by atoms with Crippen molar-refractivity contribution in [2.75, 3.05) is 0 Å². The summed E-state index contributed by atoms with van der Waals surface area (Å²) in [4.78, 5) is 0. The molecule has 1 aromatic heterocycles. The molecule has 2 saturated carbocycles. The van der Waals surface area contributed by atoms with Crippen molar-refractivity contribution in [2.45, 2.75) is 56.8 Å². The van der Waals surface area contributed by atoms with E-state index in [0.717, 1.165) is 36.2 Å². The number of hydrogen-bond acceptors (Lipinski definition) is 3. The first kappa shape index (κ1) is 16.8. The number of aromatic nitrogens is 2. The predicted octanol–water partition coefficient (Wildman–Crippen LogP) is 5.09. The highest BCUT2D eigenvalue weighted by molar-refractivity contribution is 6.04. The van der Waals surface area contributed by atoms with E-state index in [4.69, 9.17) is 0 Å². The number of oxime groups is 1. The maximum Gasteiger partial charge on any atom is 0.117 e. The summed E-state index contributed by atoms with van der Waals surface area (Å²) in [7, 11) is 0. The molecule has 1 atom stereocenters. The molecule has 1 aromatic carbocycles. The molecule has 0 saturated heterocycles. The van der Waals surface area contributed by atoms with Gasteiger partial charge in [-0.25, -0.2) is 0 Å². The van der Waals surface area contributed by atoms with E-state index in [-0.39, 0.29) is 5.41 Å². The quantitative estimate of drug-likeness (QED) is 0.453. The van der Waals surface area contributed by atoms with E-state index in [2.05, 4.69) is 57.8 Å². The second kappa shape index (κ2) is 6.66. The van der Waals surface area contributed by atoms with Crippen molar-refractivity contribution < 1.29 is 5.21 Å². The summed E-state index contributed by atoms with van der Waals surface area (Å²) in [6.07, 6.45) is 14.4. The Bertz CT molecular complexity index is 872. The molecule has 0 spiro atoms. The summed E-state index contributed by atoms with van der Waals surface area (Å²) in [5.74, 6) is 1.04. The van der Waals surface area contributed by atoms with Gasteiger partial charge in [-0.3, -0.25) is 5.10 Å². The normalized spacial score (nSPS) is 26.1. The molecule has 2 aromatic rings. The lowest BCUT2D eigenvalue weighted by molar-refractivity contribution is 0.241. The number of allylic oxidation sites excluding steroid dienone is 1. The summed E-state index contributed by atoms with van der Waals surface area (Å²) in [6.45, 7) is 0. The largest absolute Gasteiger partial charge is 0.411 e. The second-order valence-electron chi connectivity index (χ2n) is 8.48.